The summed E-state index contributed by atoms with van der Waals surface area (Å²) in [6, 6.07) is 0. The summed E-state index contributed by atoms with van der Waals surface area (Å²) in [7, 11) is 0. The molecule has 2 heterocycles. The topological polar surface area (TPSA) is 82.7 Å². The number of carbonyl (C=O) groups excluding carboxylic acids is 1. The van der Waals surface area contributed by atoms with Gasteiger partial charge in [-0.15, -0.1) is 0 Å². The number of H-pyrrole nitrogens is 1. The number of aromatic amines is 1. The van der Waals surface area contributed by atoms with Gasteiger partial charge in [0.15, 0.2) is 0 Å². The van der Waals surface area contributed by atoms with Crippen LogP contribution in [0.25, 0.3) is 0 Å². The molecular weight excluding hydrogens is 230 g/mol. The highest BCUT2D eigenvalue weighted by molar-refractivity contribution is 5.75. The van der Waals surface area contributed by atoms with Gasteiger partial charge in [0.25, 0.3) is 0 Å². The second-order valence-electron chi connectivity index (χ2n) is 4.78. The van der Waals surface area contributed by atoms with E-state index in [0.717, 1.165) is 38.2 Å². The van der Waals surface area contributed by atoms with Crippen LogP contribution >= 0.6 is 0 Å². The molecule has 1 aliphatic heterocycles. The molecule has 0 radical (unpaired) electrons. The average Bonchev–Trinajstić information content (AvgIpc) is 3.04. The van der Waals surface area contributed by atoms with Gasteiger partial charge in [0.2, 0.25) is 5.91 Å². The van der Waals surface area contributed by atoms with Crippen molar-refractivity contribution < 1.29 is 4.79 Å². The highest BCUT2D eigenvalue weighted by atomic mass is 16.1. The lowest BCUT2D eigenvalue weighted by molar-refractivity contribution is -0.121. The van der Waals surface area contributed by atoms with Crippen LogP contribution in [0.1, 0.15) is 31.5 Å². The van der Waals surface area contributed by atoms with E-state index in [4.69, 9.17) is 0 Å². The molecule has 1 unspecified atom stereocenters. The molecule has 1 atom stereocenters. The third kappa shape index (κ3) is 4.44. The van der Waals surface area contributed by atoms with Crippen molar-refractivity contribution in [2.45, 2.75) is 32.1 Å². The second-order valence-corrected chi connectivity index (χ2v) is 4.78. The highest BCUT2D eigenvalue weighted by Gasteiger charge is 2.15. The van der Waals surface area contributed by atoms with Crippen LogP contribution in [0.5, 0.6) is 0 Å². The number of aryl methyl sites for hydroxylation is 1. The Bertz CT molecular complexity index is 345. The molecule has 1 aliphatic rings. The van der Waals surface area contributed by atoms with Crippen LogP contribution in [-0.2, 0) is 11.2 Å². The molecule has 1 saturated heterocycles. The monoisotopic (exact) mass is 251 g/mol. The second kappa shape index (κ2) is 7.10. The van der Waals surface area contributed by atoms with Gasteiger partial charge in [-0.2, -0.15) is 5.10 Å². The maximum atomic E-state index is 11.6. The molecule has 3 N–H and O–H groups in total. The Morgan fingerprint density at radius 2 is 2.50 bits per heavy atom. The molecule has 6 heteroatoms. The van der Waals surface area contributed by atoms with Crippen LogP contribution in [-0.4, -0.2) is 40.7 Å². The Kier molecular flexibility index (Phi) is 5.14. The zero-order valence-electron chi connectivity index (χ0n) is 10.6. The first-order valence-corrected chi connectivity index (χ1v) is 6.66. The molecule has 1 amide bonds. The Morgan fingerprint density at radius 3 is 3.22 bits per heavy atom. The minimum Gasteiger partial charge on any atom is -0.356 e. The first-order chi connectivity index (χ1) is 8.84. The molecule has 2 rings (SSSR count). The lowest BCUT2D eigenvalue weighted by Crippen LogP contribution is -2.25. The summed E-state index contributed by atoms with van der Waals surface area (Å²) in [4.78, 5) is 15.6. The summed E-state index contributed by atoms with van der Waals surface area (Å²) in [5.74, 6) is 1.73. The van der Waals surface area contributed by atoms with Gasteiger partial charge in [0.1, 0.15) is 12.2 Å². The van der Waals surface area contributed by atoms with E-state index in [1.54, 1.807) is 0 Å². The minimum absolute atomic E-state index is 0.166. The highest BCUT2D eigenvalue weighted by Crippen LogP contribution is 2.13. The molecule has 100 valence electrons. The van der Waals surface area contributed by atoms with Crippen LogP contribution < -0.4 is 10.6 Å². The summed E-state index contributed by atoms with van der Waals surface area (Å²) in [5.41, 5.74) is 0. The van der Waals surface area contributed by atoms with Gasteiger partial charge in [-0.3, -0.25) is 9.89 Å². The third-order valence-electron chi connectivity index (χ3n) is 3.32. The smallest absolute Gasteiger partial charge is 0.220 e. The van der Waals surface area contributed by atoms with Gasteiger partial charge in [-0.05, 0) is 38.3 Å². The van der Waals surface area contributed by atoms with E-state index in [2.05, 4.69) is 25.8 Å². The first-order valence-electron chi connectivity index (χ1n) is 6.66. The molecule has 1 aromatic heterocycles. The zero-order valence-corrected chi connectivity index (χ0v) is 10.6. The van der Waals surface area contributed by atoms with Crippen molar-refractivity contribution in [3.63, 3.8) is 0 Å². The van der Waals surface area contributed by atoms with Crippen molar-refractivity contribution in [2.75, 3.05) is 19.6 Å². The van der Waals surface area contributed by atoms with Gasteiger partial charge in [0.05, 0.1) is 0 Å². The molecule has 1 fully saturated rings. The summed E-state index contributed by atoms with van der Waals surface area (Å²) < 4.78 is 0. The molecular formula is C12H21N5O. The Hall–Kier alpha value is -1.43. The van der Waals surface area contributed by atoms with Gasteiger partial charge in [0, 0.05) is 19.4 Å². The van der Waals surface area contributed by atoms with Crippen molar-refractivity contribution >= 4 is 5.91 Å². The molecule has 1 aromatic rings. The van der Waals surface area contributed by atoms with Crippen molar-refractivity contribution in [2.24, 2.45) is 5.92 Å². The standard InChI is InChI=1S/C12H21N5O/c18-12(4-3-10-5-7-13-8-10)14-6-1-2-11-15-9-16-17-11/h9-10,13H,1-8H2,(H,14,18)(H,15,16,17). The summed E-state index contributed by atoms with van der Waals surface area (Å²) in [6.45, 7) is 2.88. The van der Waals surface area contributed by atoms with Crippen molar-refractivity contribution in [1.82, 2.24) is 25.8 Å². The maximum absolute atomic E-state index is 11.6. The molecule has 0 bridgehead atoms. The molecule has 6 nitrogen and oxygen atoms in total. The van der Waals surface area contributed by atoms with Gasteiger partial charge in [-0.25, -0.2) is 4.98 Å². The molecule has 0 aromatic carbocycles. The number of carbonyl (C=O) groups is 1. The largest absolute Gasteiger partial charge is 0.356 e. The van der Waals surface area contributed by atoms with E-state index in [0.29, 0.717) is 18.9 Å². The van der Waals surface area contributed by atoms with E-state index < -0.39 is 0 Å². The first kappa shape index (κ1) is 13.0. The molecule has 0 spiro atoms. The van der Waals surface area contributed by atoms with Crippen LogP contribution in [0.15, 0.2) is 6.33 Å². The van der Waals surface area contributed by atoms with Gasteiger partial charge >= 0.3 is 0 Å². The zero-order chi connectivity index (χ0) is 12.6. The number of nitrogens with one attached hydrogen (secondary N) is 3. The summed E-state index contributed by atoms with van der Waals surface area (Å²) >= 11 is 0. The van der Waals surface area contributed by atoms with Crippen LogP contribution in [0.2, 0.25) is 0 Å². The number of amides is 1. The SMILES string of the molecule is O=C(CCC1CCNC1)NCCCc1ncn[nH]1. The molecule has 0 aliphatic carbocycles. The number of nitrogens with zero attached hydrogens (tertiary/aromatic N) is 2. The van der Waals surface area contributed by atoms with E-state index in [-0.39, 0.29) is 5.91 Å². The maximum Gasteiger partial charge on any atom is 0.220 e. The Balaban J connectivity index is 1.49. The quantitative estimate of drug-likeness (QED) is 0.606. The van der Waals surface area contributed by atoms with Gasteiger partial charge < -0.3 is 10.6 Å². The van der Waals surface area contributed by atoms with E-state index in [1.165, 1.54) is 12.7 Å². The van der Waals surface area contributed by atoms with E-state index in [1.807, 2.05) is 0 Å². The normalized spacial score (nSPS) is 19.0. The Labute approximate surface area is 107 Å². The van der Waals surface area contributed by atoms with Crippen LogP contribution in [0.4, 0.5) is 0 Å². The minimum atomic E-state index is 0.166. The number of hydrogen-bond acceptors (Lipinski definition) is 4. The van der Waals surface area contributed by atoms with Crippen molar-refractivity contribution in [1.29, 1.82) is 0 Å². The summed E-state index contributed by atoms with van der Waals surface area (Å²) in [6.07, 6.45) is 6.08. The predicted octanol–water partition coefficient (Wildman–Crippen LogP) is 0.243. The number of aromatic nitrogens is 3. The van der Waals surface area contributed by atoms with Crippen molar-refractivity contribution in [3.05, 3.63) is 12.2 Å². The van der Waals surface area contributed by atoms with Gasteiger partial charge in [-0.1, -0.05) is 0 Å². The van der Waals surface area contributed by atoms with Crippen LogP contribution in [0.3, 0.4) is 0 Å². The molecule has 18 heavy (non-hydrogen) atoms. The molecule has 0 saturated carbocycles. The summed E-state index contributed by atoms with van der Waals surface area (Å²) in [5, 5.41) is 12.9. The fraction of sp³-hybridized carbons (Fsp3) is 0.750. The Morgan fingerprint density at radius 1 is 1.56 bits per heavy atom. The van der Waals surface area contributed by atoms with Crippen LogP contribution in [0, 0.1) is 5.92 Å². The average molecular weight is 251 g/mol. The number of hydrogen-bond donors (Lipinski definition) is 3. The fourth-order valence-electron chi connectivity index (χ4n) is 2.22. The van der Waals surface area contributed by atoms with E-state index >= 15 is 0 Å². The third-order valence-corrected chi connectivity index (χ3v) is 3.32. The lowest BCUT2D eigenvalue weighted by atomic mass is 10.0. The van der Waals surface area contributed by atoms with Crippen molar-refractivity contribution in [3.8, 4) is 0 Å². The number of rotatable bonds is 7. The fourth-order valence-corrected chi connectivity index (χ4v) is 2.22. The lowest BCUT2D eigenvalue weighted by Gasteiger charge is -2.08. The van der Waals surface area contributed by atoms with E-state index in [9.17, 15) is 4.79 Å². The predicted molar refractivity (Wildman–Crippen MR) is 67.9 cm³/mol.